The fraction of sp³-hybridized carbons (Fsp3) is 0. The van der Waals surface area contributed by atoms with Gasteiger partial charge in [-0.05, 0) is 0 Å². The van der Waals surface area contributed by atoms with Crippen molar-refractivity contribution in [2.75, 3.05) is 0 Å². The summed E-state index contributed by atoms with van der Waals surface area (Å²) in [7, 11) is -4.14. The molecule has 0 bridgehead atoms. The first-order valence-electron chi connectivity index (χ1n) is 0.860. The first-order chi connectivity index (χ1) is 2.00. The normalized spacial score (nSPS) is 8.57. The Bertz CT molecular complexity index is 30.4. The summed E-state index contributed by atoms with van der Waals surface area (Å²) >= 11 is 4.34. The van der Waals surface area contributed by atoms with Gasteiger partial charge in [0, 0.05) is 0 Å². The molecule has 0 aromatic rings. The molecule has 0 fully saturated rings. The van der Waals surface area contributed by atoms with Crippen LogP contribution < -0.4 is 0 Å². The van der Waals surface area contributed by atoms with Crippen molar-refractivity contribution in [2.45, 2.75) is 0 Å². The average Bonchev–Trinajstić information content (AvgIpc) is 0.722. The average molecular weight is 183 g/mol. The van der Waals surface area contributed by atoms with Crippen LogP contribution in [0.3, 0.4) is 0 Å². The van der Waals surface area contributed by atoms with Crippen LogP contribution in [0.5, 0.6) is 0 Å². The van der Waals surface area contributed by atoms with Gasteiger partial charge in [-0.15, -0.1) is 0 Å². The predicted molar refractivity (Wildman–Crippen MR) is 35.4 cm³/mol. The van der Waals surface area contributed by atoms with Crippen LogP contribution in [0, 0.1) is 0 Å². The zero-order valence-corrected chi connectivity index (χ0v) is 3.98. The molecule has 0 aliphatic heterocycles. The molecule has 0 rings (SSSR count). The van der Waals surface area contributed by atoms with Gasteiger partial charge in [0.2, 0.25) is 0 Å². The molecule has 0 aliphatic rings. The summed E-state index contributed by atoms with van der Waals surface area (Å²) in [6.45, 7) is 0. The number of hydrogen-bond donors (Lipinski definition) is 3. The molecular weight excluding hydrogens is 176 g/mol. The van der Waals surface area contributed by atoms with Gasteiger partial charge in [0.1, 0.15) is 0 Å². The molecule has 3 N–H and O–H groups in total. The molecule has 0 saturated heterocycles. The molecule has 0 aromatic heterocycles. The second-order valence-electron chi connectivity index (χ2n) is 0.554. The maximum Gasteiger partial charge on any atom is 0.316 e. The largest absolute Gasteiger partial charge is 0.316 e. The van der Waals surface area contributed by atoms with Gasteiger partial charge in [-0.1, -0.05) is 11.1 Å². The minimum Gasteiger partial charge on any atom is 0.316 e. The Balaban J connectivity index is -0.0000000800. The van der Waals surface area contributed by atoms with Gasteiger partial charge in [0.25, 0.3) is 0 Å². The van der Waals surface area contributed by atoms with Crippen LogP contribution >= 0.6 is 11.1 Å². The van der Waals surface area contributed by atoms with Crippen LogP contribution in [0.15, 0.2) is 0 Å². The van der Waals surface area contributed by atoms with Crippen LogP contribution in [0.25, 0.3) is 0 Å². The van der Waals surface area contributed by atoms with E-state index in [0.717, 1.165) is 0 Å². The molecule has 0 saturated carbocycles. The van der Waals surface area contributed by atoms with Crippen LogP contribution in [0.2, 0.25) is 0 Å². The molecular formula is H7CaClMgO3Si. The van der Waals surface area contributed by atoms with Crippen molar-refractivity contribution >= 4 is 80.0 Å². The molecule has 0 radical (unpaired) electrons. The molecule has 0 unspecified atom stereocenters. The Kier molecular flexibility index (Phi) is 15.1. The summed E-state index contributed by atoms with van der Waals surface area (Å²) in [5.41, 5.74) is 0. The van der Waals surface area contributed by atoms with Crippen LogP contribution in [0.4, 0.5) is 0 Å². The molecule has 0 amide bonds. The molecule has 0 heterocycles. The maximum absolute atomic E-state index is 7.54. The van der Waals surface area contributed by atoms with Crippen molar-refractivity contribution in [3.8, 4) is 0 Å². The zero-order chi connectivity index (χ0) is 4.50. The maximum atomic E-state index is 7.54. The standard InChI is InChI=1S/Ca.ClH3O3Si.Mg.4H/c;1-5(2,3)4;;;;;/h;2-4H;;;;;. The third-order valence-electron chi connectivity index (χ3n) is 0. The van der Waals surface area contributed by atoms with E-state index in [1.165, 1.54) is 0 Å². The molecule has 0 spiro atoms. The van der Waals surface area contributed by atoms with Gasteiger partial charge < -0.3 is 14.4 Å². The minimum absolute atomic E-state index is 0. The van der Waals surface area contributed by atoms with E-state index in [-0.39, 0.29) is 60.8 Å². The number of halogens is 1. The minimum atomic E-state index is -4.14. The Morgan fingerprint density at radius 1 is 1.14 bits per heavy atom. The smallest absolute Gasteiger partial charge is 0.316 e. The molecule has 0 atom stereocenters. The first kappa shape index (κ1) is 16.2. The van der Waals surface area contributed by atoms with Gasteiger partial charge in [-0.2, -0.15) is 0 Å². The van der Waals surface area contributed by atoms with Gasteiger partial charge in [-0.25, -0.2) is 0 Å². The predicted octanol–water partition coefficient (Wildman–Crippen LogP) is -3.19. The second kappa shape index (κ2) is 6.53. The van der Waals surface area contributed by atoms with Crippen molar-refractivity contribution in [3.05, 3.63) is 0 Å². The molecule has 7 heavy (non-hydrogen) atoms. The van der Waals surface area contributed by atoms with Crippen LogP contribution in [-0.4, -0.2) is 83.3 Å². The molecule has 40 valence electrons. The van der Waals surface area contributed by atoms with Crippen LogP contribution in [0.1, 0.15) is 0 Å². The zero-order valence-electron chi connectivity index (χ0n) is 2.22. The van der Waals surface area contributed by atoms with Crippen molar-refractivity contribution < 1.29 is 14.4 Å². The summed E-state index contributed by atoms with van der Waals surface area (Å²) in [4.78, 5) is 22.6. The van der Waals surface area contributed by atoms with Crippen molar-refractivity contribution in [3.63, 3.8) is 0 Å². The van der Waals surface area contributed by atoms with Gasteiger partial charge >= 0.3 is 68.9 Å². The van der Waals surface area contributed by atoms with Gasteiger partial charge in [0.05, 0.1) is 0 Å². The Morgan fingerprint density at radius 2 is 1.14 bits per heavy atom. The van der Waals surface area contributed by atoms with Crippen molar-refractivity contribution in [1.29, 1.82) is 0 Å². The monoisotopic (exact) mass is 182 g/mol. The summed E-state index contributed by atoms with van der Waals surface area (Å²) in [6.07, 6.45) is 0. The second-order valence-corrected chi connectivity index (χ2v) is 3.18. The third-order valence-corrected chi connectivity index (χ3v) is 0. The van der Waals surface area contributed by atoms with E-state index in [9.17, 15) is 0 Å². The fourth-order valence-corrected chi connectivity index (χ4v) is 0. The summed E-state index contributed by atoms with van der Waals surface area (Å²) in [5.74, 6) is 0. The van der Waals surface area contributed by atoms with Gasteiger partial charge in [0.15, 0.2) is 0 Å². The van der Waals surface area contributed by atoms with E-state index < -0.39 is 8.11 Å². The number of hydrogen-bond acceptors (Lipinski definition) is 3. The summed E-state index contributed by atoms with van der Waals surface area (Å²) < 4.78 is 0. The fourth-order valence-electron chi connectivity index (χ4n) is 0. The van der Waals surface area contributed by atoms with Gasteiger partial charge in [-0.3, -0.25) is 0 Å². The summed E-state index contributed by atoms with van der Waals surface area (Å²) in [5, 5.41) is 0. The molecule has 0 aliphatic carbocycles. The summed E-state index contributed by atoms with van der Waals surface area (Å²) in [6, 6.07) is 0. The van der Waals surface area contributed by atoms with E-state index in [4.69, 9.17) is 14.4 Å². The Labute approximate surface area is 92.9 Å². The SMILES string of the molecule is O[Si](O)(O)Cl.[CaH2].[MgH2]. The van der Waals surface area contributed by atoms with E-state index in [1.807, 2.05) is 0 Å². The Morgan fingerprint density at radius 3 is 1.14 bits per heavy atom. The van der Waals surface area contributed by atoms with E-state index >= 15 is 0 Å². The molecule has 7 heteroatoms. The Hall–Kier alpha value is 2.41. The van der Waals surface area contributed by atoms with Crippen molar-refractivity contribution in [2.24, 2.45) is 0 Å². The number of rotatable bonds is 0. The molecule has 3 nitrogen and oxygen atoms in total. The third kappa shape index (κ3) is 59.4. The van der Waals surface area contributed by atoms with E-state index in [2.05, 4.69) is 11.1 Å². The first-order valence-corrected chi connectivity index (χ1v) is 3.71. The van der Waals surface area contributed by atoms with Crippen LogP contribution in [-0.2, 0) is 0 Å². The quantitative estimate of drug-likeness (QED) is 0.274. The topological polar surface area (TPSA) is 60.7 Å². The van der Waals surface area contributed by atoms with E-state index in [0.29, 0.717) is 0 Å². The van der Waals surface area contributed by atoms with E-state index in [1.54, 1.807) is 0 Å². The molecule has 0 aromatic carbocycles. The van der Waals surface area contributed by atoms with Crippen molar-refractivity contribution in [1.82, 2.24) is 0 Å².